The van der Waals surface area contributed by atoms with Crippen LogP contribution in [0.25, 0.3) is 5.69 Å². The molecule has 2 aromatic rings. The smallest absolute Gasteiger partial charge is 0.241 e. The SMILES string of the molecule is O=C(Nc1cccc(-n2cccn2)c1)[C@@H]1CCCN1C1CCOCC1. The maximum Gasteiger partial charge on any atom is 0.241 e. The third-order valence-corrected chi connectivity index (χ3v) is 5.14. The zero-order chi connectivity index (χ0) is 17.1. The zero-order valence-electron chi connectivity index (χ0n) is 14.3. The Kier molecular flexibility index (Phi) is 4.81. The van der Waals surface area contributed by atoms with E-state index in [1.54, 1.807) is 10.9 Å². The van der Waals surface area contributed by atoms with Crippen LogP contribution in [-0.4, -0.2) is 52.4 Å². The van der Waals surface area contributed by atoms with Gasteiger partial charge in [0.05, 0.1) is 11.7 Å². The highest BCUT2D eigenvalue weighted by molar-refractivity contribution is 5.95. The van der Waals surface area contributed by atoms with E-state index in [9.17, 15) is 4.79 Å². The van der Waals surface area contributed by atoms with Crippen LogP contribution in [0.5, 0.6) is 0 Å². The number of anilines is 1. The van der Waals surface area contributed by atoms with Gasteiger partial charge in [0.25, 0.3) is 0 Å². The normalized spacial score (nSPS) is 22.2. The second-order valence-corrected chi connectivity index (χ2v) is 6.73. The first-order chi connectivity index (χ1) is 12.3. The van der Waals surface area contributed by atoms with E-state index in [0.717, 1.165) is 56.8 Å². The summed E-state index contributed by atoms with van der Waals surface area (Å²) in [5.41, 5.74) is 1.76. The minimum Gasteiger partial charge on any atom is -0.381 e. The van der Waals surface area contributed by atoms with Crippen LogP contribution in [0.1, 0.15) is 25.7 Å². The van der Waals surface area contributed by atoms with Crippen LogP contribution >= 0.6 is 0 Å². The number of aromatic nitrogens is 2. The van der Waals surface area contributed by atoms with Crippen molar-refractivity contribution >= 4 is 11.6 Å². The van der Waals surface area contributed by atoms with Gasteiger partial charge in [0.2, 0.25) is 5.91 Å². The monoisotopic (exact) mass is 340 g/mol. The lowest BCUT2D eigenvalue weighted by Gasteiger charge is -2.34. The van der Waals surface area contributed by atoms with E-state index < -0.39 is 0 Å². The number of hydrogen-bond acceptors (Lipinski definition) is 4. The molecule has 1 aromatic carbocycles. The molecule has 1 amide bonds. The maximum absolute atomic E-state index is 12.9. The summed E-state index contributed by atoms with van der Waals surface area (Å²) < 4.78 is 7.25. The van der Waals surface area contributed by atoms with Gasteiger partial charge >= 0.3 is 0 Å². The molecule has 6 nitrogen and oxygen atoms in total. The molecule has 0 saturated carbocycles. The number of carbonyl (C=O) groups excluding carboxylic acids is 1. The molecule has 1 N–H and O–H groups in total. The van der Waals surface area contributed by atoms with Gasteiger partial charge in [-0.25, -0.2) is 4.68 Å². The molecule has 3 heterocycles. The Morgan fingerprint density at radius 1 is 1.20 bits per heavy atom. The summed E-state index contributed by atoms with van der Waals surface area (Å²) in [5, 5.41) is 7.34. The Labute approximate surface area is 147 Å². The number of benzene rings is 1. The number of likely N-dealkylation sites (tertiary alicyclic amines) is 1. The van der Waals surface area contributed by atoms with Crippen molar-refractivity contribution in [2.45, 2.75) is 37.8 Å². The Morgan fingerprint density at radius 3 is 2.88 bits per heavy atom. The topological polar surface area (TPSA) is 59.4 Å². The molecule has 1 aromatic heterocycles. The van der Waals surface area contributed by atoms with E-state index in [0.29, 0.717) is 6.04 Å². The van der Waals surface area contributed by atoms with Crippen molar-refractivity contribution < 1.29 is 9.53 Å². The molecular weight excluding hydrogens is 316 g/mol. The number of amides is 1. The molecular formula is C19H24N4O2. The molecule has 0 bridgehead atoms. The van der Waals surface area contributed by atoms with Crippen LogP contribution in [0.15, 0.2) is 42.7 Å². The van der Waals surface area contributed by atoms with Gasteiger partial charge in [0, 0.05) is 37.3 Å². The van der Waals surface area contributed by atoms with E-state index in [1.807, 2.05) is 36.5 Å². The number of rotatable bonds is 4. The van der Waals surface area contributed by atoms with Gasteiger partial charge in [-0.3, -0.25) is 9.69 Å². The summed E-state index contributed by atoms with van der Waals surface area (Å²) in [5.74, 6) is 0.0987. The first-order valence-corrected chi connectivity index (χ1v) is 9.06. The van der Waals surface area contributed by atoms with Crippen LogP contribution in [0.2, 0.25) is 0 Å². The summed E-state index contributed by atoms with van der Waals surface area (Å²) in [7, 11) is 0. The van der Waals surface area contributed by atoms with Crippen molar-refractivity contribution in [2.24, 2.45) is 0 Å². The lowest BCUT2D eigenvalue weighted by Crippen LogP contribution is -2.47. The molecule has 132 valence electrons. The molecule has 2 fully saturated rings. The predicted molar refractivity (Wildman–Crippen MR) is 95.8 cm³/mol. The number of ether oxygens (including phenoxy) is 1. The lowest BCUT2D eigenvalue weighted by molar-refractivity contribution is -0.121. The van der Waals surface area contributed by atoms with Gasteiger partial charge in [-0.05, 0) is 56.5 Å². The quantitative estimate of drug-likeness (QED) is 0.929. The Bertz CT molecular complexity index is 710. The van der Waals surface area contributed by atoms with E-state index >= 15 is 0 Å². The Balaban J connectivity index is 1.45. The zero-order valence-corrected chi connectivity index (χ0v) is 14.3. The van der Waals surface area contributed by atoms with Crippen LogP contribution in [-0.2, 0) is 9.53 Å². The predicted octanol–water partition coefficient (Wildman–Crippen LogP) is 2.45. The molecule has 2 aliphatic heterocycles. The molecule has 25 heavy (non-hydrogen) atoms. The second-order valence-electron chi connectivity index (χ2n) is 6.73. The fourth-order valence-electron chi connectivity index (χ4n) is 3.90. The van der Waals surface area contributed by atoms with E-state index in [2.05, 4.69) is 15.3 Å². The van der Waals surface area contributed by atoms with E-state index in [4.69, 9.17) is 4.74 Å². The van der Waals surface area contributed by atoms with Gasteiger partial charge < -0.3 is 10.1 Å². The van der Waals surface area contributed by atoms with Gasteiger partial charge in [0.15, 0.2) is 0 Å². The molecule has 0 aliphatic carbocycles. The van der Waals surface area contributed by atoms with Crippen molar-refractivity contribution in [3.05, 3.63) is 42.7 Å². The fraction of sp³-hybridized carbons (Fsp3) is 0.474. The third kappa shape index (κ3) is 3.60. The Hall–Kier alpha value is -2.18. The molecule has 0 spiro atoms. The van der Waals surface area contributed by atoms with Gasteiger partial charge in [-0.15, -0.1) is 0 Å². The number of nitrogens with zero attached hydrogens (tertiary/aromatic N) is 3. The fourth-order valence-corrected chi connectivity index (χ4v) is 3.90. The first kappa shape index (κ1) is 16.3. The summed E-state index contributed by atoms with van der Waals surface area (Å²) in [4.78, 5) is 15.2. The highest BCUT2D eigenvalue weighted by Gasteiger charge is 2.35. The molecule has 2 saturated heterocycles. The van der Waals surface area contributed by atoms with Crippen LogP contribution in [0, 0.1) is 0 Å². The van der Waals surface area contributed by atoms with E-state index in [-0.39, 0.29) is 11.9 Å². The average Bonchev–Trinajstić information content (AvgIpc) is 3.34. The minimum atomic E-state index is -0.0311. The first-order valence-electron chi connectivity index (χ1n) is 9.06. The summed E-state index contributed by atoms with van der Waals surface area (Å²) in [6, 6.07) is 10.1. The van der Waals surface area contributed by atoms with Crippen molar-refractivity contribution in [1.82, 2.24) is 14.7 Å². The summed E-state index contributed by atoms with van der Waals surface area (Å²) >= 11 is 0. The van der Waals surface area contributed by atoms with E-state index in [1.165, 1.54) is 0 Å². The molecule has 2 aliphatic rings. The number of hydrogen-bond donors (Lipinski definition) is 1. The van der Waals surface area contributed by atoms with Crippen LogP contribution in [0.4, 0.5) is 5.69 Å². The van der Waals surface area contributed by atoms with Crippen LogP contribution in [0.3, 0.4) is 0 Å². The molecule has 4 rings (SSSR count). The highest BCUT2D eigenvalue weighted by Crippen LogP contribution is 2.26. The maximum atomic E-state index is 12.9. The average molecular weight is 340 g/mol. The van der Waals surface area contributed by atoms with Crippen molar-refractivity contribution in [3.8, 4) is 5.69 Å². The number of carbonyl (C=O) groups is 1. The second kappa shape index (κ2) is 7.37. The third-order valence-electron chi connectivity index (χ3n) is 5.14. The number of nitrogens with one attached hydrogen (secondary N) is 1. The van der Waals surface area contributed by atoms with Gasteiger partial charge in [-0.2, -0.15) is 5.10 Å². The lowest BCUT2D eigenvalue weighted by atomic mass is 10.1. The van der Waals surface area contributed by atoms with Crippen molar-refractivity contribution in [2.75, 3.05) is 25.1 Å². The summed E-state index contributed by atoms with van der Waals surface area (Å²) in [6.07, 6.45) is 7.71. The molecule has 0 unspecified atom stereocenters. The molecule has 0 radical (unpaired) electrons. The minimum absolute atomic E-state index is 0.0311. The standard InChI is InChI=1S/C19H24N4O2/c24-19(18-6-2-10-22(18)16-7-12-25-13-8-16)21-15-4-1-5-17(14-15)23-11-3-9-20-23/h1,3-5,9,11,14,16,18H,2,6-8,10,12-13H2,(H,21,24)/t18-/m0/s1. The van der Waals surface area contributed by atoms with Gasteiger partial charge in [0.1, 0.15) is 0 Å². The van der Waals surface area contributed by atoms with Gasteiger partial charge in [-0.1, -0.05) is 6.07 Å². The van der Waals surface area contributed by atoms with Crippen molar-refractivity contribution in [3.63, 3.8) is 0 Å². The summed E-state index contributed by atoms with van der Waals surface area (Å²) in [6.45, 7) is 2.62. The Morgan fingerprint density at radius 2 is 2.08 bits per heavy atom. The largest absolute Gasteiger partial charge is 0.381 e. The molecule has 1 atom stereocenters. The highest BCUT2D eigenvalue weighted by atomic mass is 16.5. The van der Waals surface area contributed by atoms with Crippen molar-refractivity contribution in [1.29, 1.82) is 0 Å². The van der Waals surface area contributed by atoms with Crippen LogP contribution < -0.4 is 5.32 Å². The molecule has 6 heteroatoms.